The van der Waals surface area contributed by atoms with E-state index in [2.05, 4.69) is 0 Å². The number of nitro benzene ring substituents is 1. The summed E-state index contributed by atoms with van der Waals surface area (Å²) in [4.78, 5) is 9.50. The van der Waals surface area contributed by atoms with Gasteiger partial charge in [-0.3, -0.25) is 10.1 Å². The maximum Gasteiger partial charge on any atom is 0.289 e. The molecule has 16 heavy (non-hydrogen) atoms. The summed E-state index contributed by atoms with van der Waals surface area (Å²) in [5.74, 6) is -0.771. The minimum Gasteiger partial charge on any atom is -0.258 e. The molecule has 0 atom stereocenters. The number of halogens is 3. The second-order valence-electron chi connectivity index (χ2n) is 1.97. The van der Waals surface area contributed by atoms with Crippen LogP contribution in [0.4, 0.5) is 10.1 Å². The molecule has 0 heterocycles. The summed E-state index contributed by atoms with van der Waals surface area (Å²) >= 11 is 10.6. The van der Waals surface area contributed by atoms with Crippen molar-refractivity contribution in [3.05, 3.63) is 38.1 Å². The molecule has 92 valence electrons. The first-order valence-electron chi connectivity index (χ1n) is 4.81. The van der Waals surface area contributed by atoms with Gasteiger partial charge < -0.3 is 0 Å². The normalized spacial score (nSPS) is 8.19. The molecule has 0 unspecified atom stereocenters. The molecule has 0 aromatic heterocycles. The molecular weight excluding hydrogens is 256 g/mol. The molecule has 0 saturated carbocycles. The third kappa shape index (κ3) is 5.28. The van der Waals surface area contributed by atoms with E-state index in [1.165, 1.54) is 0 Å². The Morgan fingerprint density at radius 1 is 1.12 bits per heavy atom. The lowest BCUT2D eigenvalue weighted by atomic mass is 10.3. The van der Waals surface area contributed by atoms with E-state index in [1.54, 1.807) is 0 Å². The highest BCUT2D eigenvalue weighted by Gasteiger charge is 2.15. The molecule has 6 heteroatoms. The van der Waals surface area contributed by atoms with E-state index >= 15 is 0 Å². The molecule has 0 spiro atoms. The maximum atomic E-state index is 12.6. The van der Waals surface area contributed by atoms with Gasteiger partial charge >= 0.3 is 0 Å². The molecule has 0 aliphatic heterocycles. The fourth-order valence-corrected chi connectivity index (χ4v) is 1.03. The summed E-state index contributed by atoms with van der Waals surface area (Å²) in [6.07, 6.45) is 0. The molecule has 0 aliphatic rings. The maximum absolute atomic E-state index is 12.6. The predicted octanol–water partition coefficient (Wildman–Crippen LogP) is 5.09. The summed E-state index contributed by atoms with van der Waals surface area (Å²) in [5, 5.41) is 9.65. The molecule has 1 aromatic rings. The third-order valence-corrected chi connectivity index (χ3v) is 1.78. The summed E-state index contributed by atoms with van der Waals surface area (Å²) in [5.41, 5.74) is -0.400. The molecule has 0 radical (unpaired) electrons. The van der Waals surface area contributed by atoms with Crippen molar-refractivity contribution >= 4 is 28.9 Å². The second-order valence-corrected chi connectivity index (χ2v) is 2.79. The molecule has 1 aromatic carbocycles. The fourth-order valence-electron chi connectivity index (χ4n) is 0.652. The predicted molar refractivity (Wildman–Crippen MR) is 65.8 cm³/mol. The van der Waals surface area contributed by atoms with Gasteiger partial charge in [0.25, 0.3) is 5.69 Å². The highest BCUT2D eigenvalue weighted by molar-refractivity contribution is 6.34. The van der Waals surface area contributed by atoms with Gasteiger partial charge in [-0.1, -0.05) is 50.9 Å². The van der Waals surface area contributed by atoms with E-state index in [0.717, 1.165) is 12.1 Å². The van der Waals surface area contributed by atoms with Gasteiger partial charge in [0.05, 0.1) is 9.95 Å². The van der Waals surface area contributed by atoms with Crippen LogP contribution in [0.15, 0.2) is 12.1 Å². The number of hydrogen-bond donors (Lipinski definition) is 0. The van der Waals surface area contributed by atoms with E-state index in [1.807, 2.05) is 27.7 Å². The Morgan fingerprint density at radius 2 is 1.56 bits per heavy atom. The third-order valence-electron chi connectivity index (χ3n) is 1.19. The zero-order valence-electron chi connectivity index (χ0n) is 9.55. The van der Waals surface area contributed by atoms with Crippen LogP contribution in [0.1, 0.15) is 27.7 Å². The van der Waals surface area contributed by atoms with Crippen LogP contribution in [0.2, 0.25) is 10.0 Å². The van der Waals surface area contributed by atoms with Crippen LogP contribution in [-0.2, 0) is 0 Å². The average molecular weight is 270 g/mol. The largest absolute Gasteiger partial charge is 0.289 e. The topological polar surface area (TPSA) is 43.1 Å². The molecule has 0 N–H and O–H groups in total. The van der Waals surface area contributed by atoms with Gasteiger partial charge in [-0.25, -0.2) is 4.39 Å². The first-order chi connectivity index (χ1) is 7.52. The molecule has 0 saturated heterocycles. The second kappa shape index (κ2) is 9.36. The van der Waals surface area contributed by atoms with Crippen molar-refractivity contribution in [1.82, 2.24) is 0 Å². The van der Waals surface area contributed by atoms with Crippen LogP contribution < -0.4 is 0 Å². The van der Waals surface area contributed by atoms with Crippen molar-refractivity contribution in [1.29, 1.82) is 0 Å². The molecular formula is C10H14Cl2FNO2. The summed E-state index contributed by atoms with van der Waals surface area (Å²) in [6, 6.07) is 1.68. The Kier molecular flexibility index (Phi) is 10.3. The number of nitro groups is 1. The molecule has 0 bridgehead atoms. The first-order valence-corrected chi connectivity index (χ1v) is 5.57. The SMILES string of the molecule is CC.CC.O=[N+]([O-])c1cc(Cl)c(F)cc1Cl. The summed E-state index contributed by atoms with van der Waals surface area (Å²) in [6.45, 7) is 8.00. The van der Waals surface area contributed by atoms with Gasteiger partial charge in [-0.05, 0) is 0 Å². The number of benzene rings is 1. The van der Waals surface area contributed by atoms with E-state index in [0.29, 0.717) is 0 Å². The van der Waals surface area contributed by atoms with E-state index in [-0.39, 0.29) is 10.0 Å². The van der Waals surface area contributed by atoms with Gasteiger partial charge in [0, 0.05) is 12.1 Å². The van der Waals surface area contributed by atoms with Crippen LogP contribution in [-0.4, -0.2) is 4.92 Å². The highest BCUT2D eigenvalue weighted by atomic mass is 35.5. The van der Waals surface area contributed by atoms with E-state index in [9.17, 15) is 14.5 Å². The lowest BCUT2D eigenvalue weighted by Gasteiger charge is -1.96. The molecule has 0 fully saturated rings. The summed E-state index contributed by atoms with van der Waals surface area (Å²) < 4.78 is 12.6. The van der Waals surface area contributed by atoms with Gasteiger partial charge in [0.15, 0.2) is 0 Å². The van der Waals surface area contributed by atoms with Crippen molar-refractivity contribution in [2.24, 2.45) is 0 Å². The first kappa shape index (κ1) is 17.5. The Bertz CT molecular complexity index is 346. The monoisotopic (exact) mass is 269 g/mol. The average Bonchev–Trinajstić information content (AvgIpc) is 2.28. The van der Waals surface area contributed by atoms with Crippen molar-refractivity contribution in [2.75, 3.05) is 0 Å². The smallest absolute Gasteiger partial charge is 0.258 e. The Balaban J connectivity index is 0. The lowest BCUT2D eigenvalue weighted by molar-refractivity contribution is -0.384. The number of rotatable bonds is 1. The van der Waals surface area contributed by atoms with Crippen LogP contribution in [0, 0.1) is 15.9 Å². The van der Waals surface area contributed by atoms with Crippen LogP contribution >= 0.6 is 23.2 Å². The van der Waals surface area contributed by atoms with Crippen LogP contribution in [0.3, 0.4) is 0 Å². The van der Waals surface area contributed by atoms with Gasteiger partial charge in [-0.2, -0.15) is 0 Å². The van der Waals surface area contributed by atoms with Gasteiger partial charge in [-0.15, -0.1) is 0 Å². The molecule has 1 rings (SSSR count). The lowest BCUT2D eigenvalue weighted by Crippen LogP contribution is -1.90. The van der Waals surface area contributed by atoms with Crippen molar-refractivity contribution < 1.29 is 9.31 Å². The number of nitrogens with zero attached hydrogens (tertiary/aromatic N) is 1. The van der Waals surface area contributed by atoms with Crippen molar-refractivity contribution in [3.8, 4) is 0 Å². The Morgan fingerprint density at radius 3 is 1.94 bits per heavy atom. The van der Waals surface area contributed by atoms with Crippen LogP contribution in [0.25, 0.3) is 0 Å². The zero-order chi connectivity index (χ0) is 13.3. The summed E-state index contributed by atoms with van der Waals surface area (Å²) in [7, 11) is 0. The fraction of sp³-hybridized carbons (Fsp3) is 0.400. The molecule has 0 amide bonds. The minimum atomic E-state index is -0.771. The van der Waals surface area contributed by atoms with Gasteiger partial charge in [0.2, 0.25) is 0 Å². The Hall–Kier alpha value is -0.870. The van der Waals surface area contributed by atoms with Crippen molar-refractivity contribution in [3.63, 3.8) is 0 Å². The molecule has 3 nitrogen and oxygen atoms in total. The quantitative estimate of drug-likeness (QED) is 0.405. The molecule has 0 aliphatic carbocycles. The number of hydrogen-bond acceptors (Lipinski definition) is 2. The minimum absolute atomic E-state index is 0.262. The van der Waals surface area contributed by atoms with E-state index < -0.39 is 16.4 Å². The zero-order valence-corrected chi connectivity index (χ0v) is 11.1. The Labute approximate surface area is 104 Å². The van der Waals surface area contributed by atoms with Gasteiger partial charge in [0.1, 0.15) is 10.8 Å². The standard InChI is InChI=1S/C6H2Cl2FNO2.2C2H6/c7-3-2-6(10(11)12)4(8)1-5(3)9;2*1-2/h1-2H;2*1-2H3. The highest BCUT2D eigenvalue weighted by Crippen LogP contribution is 2.29. The van der Waals surface area contributed by atoms with E-state index in [4.69, 9.17) is 23.2 Å². The van der Waals surface area contributed by atoms with Crippen molar-refractivity contribution in [2.45, 2.75) is 27.7 Å². The van der Waals surface area contributed by atoms with Crippen LogP contribution in [0.5, 0.6) is 0 Å².